The van der Waals surface area contributed by atoms with Crippen LogP contribution in [0.2, 0.25) is 0 Å². The van der Waals surface area contributed by atoms with Crippen LogP contribution in [0.4, 0.5) is 5.69 Å². The molecule has 0 aromatic heterocycles. The third kappa shape index (κ3) is 1.96. The minimum Gasteiger partial charge on any atom is -0.388 e. The number of anilines is 1. The number of nitrogens with one attached hydrogen (secondary N) is 2. The molecule has 120 valence electrons. The number of carbonyl (C=O) groups excluding carboxylic acids is 2. The van der Waals surface area contributed by atoms with Crippen molar-refractivity contribution in [3.05, 3.63) is 65.3 Å². The van der Waals surface area contributed by atoms with E-state index in [9.17, 15) is 9.59 Å². The molecule has 2 aromatic carbocycles. The van der Waals surface area contributed by atoms with Crippen LogP contribution in [0.1, 0.15) is 23.1 Å². The monoisotopic (exact) mass is 318 g/mol. The molecule has 2 aromatic rings. The minimum absolute atomic E-state index is 0.0229. The zero-order valence-electron chi connectivity index (χ0n) is 13.6. The molecule has 2 unspecified atom stereocenters. The van der Waals surface area contributed by atoms with E-state index in [0.29, 0.717) is 5.57 Å². The van der Waals surface area contributed by atoms with Gasteiger partial charge < -0.3 is 10.6 Å². The molecule has 0 aliphatic heterocycles. The van der Waals surface area contributed by atoms with Crippen molar-refractivity contribution in [1.29, 1.82) is 0 Å². The second kappa shape index (κ2) is 5.42. The molecule has 0 amide bonds. The van der Waals surface area contributed by atoms with Crippen molar-refractivity contribution in [2.75, 3.05) is 19.4 Å². The van der Waals surface area contributed by atoms with Gasteiger partial charge in [0, 0.05) is 35.7 Å². The van der Waals surface area contributed by atoms with E-state index < -0.39 is 0 Å². The Morgan fingerprint density at radius 3 is 2.54 bits per heavy atom. The van der Waals surface area contributed by atoms with Crippen LogP contribution in [-0.2, 0) is 9.59 Å². The first-order chi connectivity index (χ1) is 11.7. The predicted molar refractivity (Wildman–Crippen MR) is 95.3 cm³/mol. The summed E-state index contributed by atoms with van der Waals surface area (Å²) < 4.78 is 0. The van der Waals surface area contributed by atoms with E-state index in [-0.39, 0.29) is 23.5 Å². The van der Waals surface area contributed by atoms with Crippen LogP contribution in [0.3, 0.4) is 0 Å². The van der Waals surface area contributed by atoms with Crippen molar-refractivity contribution in [1.82, 2.24) is 5.32 Å². The van der Waals surface area contributed by atoms with Crippen molar-refractivity contribution < 1.29 is 9.59 Å². The van der Waals surface area contributed by atoms with Crippen LogP contribution in [0.25, 0.3) is 10.8 Å². The Morgan fingerprint density at radius 1 is 0.958 bits per heavy atom. The lowest BCUT2D eigenvalue weighted by Crippen LogP contribution is -2.25. The lowest BCUT2D eigenvalue weighted by atomic mass is 9.83. The van der Waals surface area contributed by atoms with E-state index in [2.05, 4.69) is 34.9 Å². The Labute approximate surface area is 140 Å². The number of hydrogen-bond acceptors (Lipinski definition) is 4. The number of hydrogen-bond donors (Lipinski definition) is 2. The van der Waals surface area contributed by atoms with Gasteiger partial charge in [0.25, 0.3) is 0 Å². The van der Waals surface area contributed by atoms with Gasteiger partial charge >= 0.3 is 0 Å². The van der Waals surface area contributed by atoms with Gasteiger partial charge in [-0.3, -0.25) is 9.59 Å². The largest absolute Gasteiger partial charge is 0.388 e. The quantitative estimate of drug-likeness (QED) is 0.855. The Balaban J connectivity index is 1.98. The number of ketones is 2. The molecule has 2 aliphatic carbocycles. The molecule has 0 saturated carbocycles. The van der Waals surface area contributed by atoms with Crippen LogP contribution in [0.5, 0.6) is 0 Å². The van der Waals surface area contributed by atoms with Gasteiger partial charge in [-0.2, -0.15) is 0 Å². The van der Waals surface area contributed by atoms with E-state index in [1.165, 1.54) is 29.2 Å². The van der Waals surface area contributed by atoms with Crippen molar-refractivity contribution in [3.8, 4) is 0 Å². The molecule has 2 aliphatic rings. The number of benzene rings is 2. The zero-order chi connectivity index (χ0) is 16.8. The summed E-state index contributed by atoms with van der Waals surface area (Å²) in [6, 6.07) is 10.3. The van der Waals surface area contributed by atoms with Crippen LogP contribution < -0.4 is 10.6 Å². The third-order valence-electron chi connectivity index (χ3n) is 5.01. The number of rotatable bonds is 3. The average Bonchev–Trinajstić information content (AvgIpc) is 2.93. The van der Waals surface area contributed by atoms with E-state index in [4.69, 9.17) is 0 Å². The fourth-order valence-electron chi connectivity index (χ4n) is 4.00. The van der Waals surface area contributed by atoms with Crippen molar-refractivity contribution >= 4 is 28.0 Å². The molecule has 0 radical (unpaired) electrons. The first kappa shape index (κ1) is 14.8. The molecule has 0 saturated heterocycles. The van der Waals surface area contributed by atoms with Gasteiger partial charge in [-0.15, -0.1) is 0 Å². The van der Waals surface area contributed by atoms with Crippen LogP contribution in [-0.4, -0.2) is 25.7 Å². The van der Waals surface area contributed by atoms with E-state index in [1.54, 1.807) is 0 Å². The molecule has 0 heterocycles. The highest BCUT2D eigenvalue weighted by Crippen LogP contribution is 2.50. The summed E-state index contributed by atoms with van der Waals surface area (Å²) in [5, 5.41) is 8.88. The number of allylic oxidation sites excluding steroid dienone is 3. The molecule has 2 atom stereocenters. The van der Waals surface area contributed by atoms with E-state index in [0.717, 1.165) is 16.6 Å². The number of likely N-dealkylation sites (N-methyl/N-ethyl adjacent to an activating group) is 1. The lowest BCUT2D eigenvalue weighted by Gasteiger charge is -2.23. The van der Waals surface area contributed by atoms with E-state index in [1.807, 2.05) is 20.2 Å². The summed E-state index contributed by atoms with van der Waals surface area (Å²) in [5.41, 5.74) is 3.90. The van der Waals surface area contributed by atoms with Gasteiger partial charge in [-0.25, -0.2) is 0 Å². The Hall–Kier alpha value is -2.72. The standard InChI is InChI=1S/C20H18N2O2/c1-21-16-8-7-14-18-12(16)4-3-5-13(18)19(20(14)22-2)15-10-11(23)6-9-17(15)24/h3-10,19-22H,1-2H3. The van der Waals surface area contributed by atoms with Gasteiger partial charge in [0.15, 0.2) is 11.6 Å². The molecule has 2 N–H and O–H groups in total. The van der Waals surface area contributed by atoms with Gasteiger partial charge in [0.2, 0.25) is 0 Å². The highest BCUT2D eigenvalue weighted by Gasteiger charge is 2.38. The maximum atomic E-state index is 12.4. The lowest BCUT2D eigenvalue weighted by molar-refractivity contribution is -0.114. The molecule has 0 fully saturated rings. The summed E-state index contributed by atoms with van der Waals surface area (Å²) in [6.45, 7) is 0. The van der Waals surface area contributed by atoms with Crippen LogP contribution >= 0.6 is 0 Å². The highest BCUT2D eigenvalue weighted by atomic mass is 16.1. The summed E-state index contributed by atoms with van der Waals surface area (Å²) in [6.07, 6.45) is 4.20. The van der Waals surface area contributed by atoms with Gasteiger partial charge in [0.1, 0.15) is 0 Å². The average molecular weight is 318 g/mol. The Kier molecular flexibility index (Phi) is 3.36. The Bertz CT molecular complexity index is 940. The second-order valence-electron chi connectivity index (χ2n) is 6.17. The second-order valence-corrected chi connectivity index (χ2v) is 6.17. The summed E-state index contributed by atoms with van der Waals surface area (Å²) in [5.74, 6) is -0.362. The first-order valence-electron chi connectivity index (χ1n) is 8.04. The molecule has 24 heavy (non-hydrogen) atoms. The molecule has 4 nitrogen and oxygen atoms in total. The van der Waals surface area contributed by atoms with E-state index >= 15 is 0 Å². The van der Waals surface area contributed by atoms with Crippen molar-refractivity contribution in [2.24, 2.45) is 0 Å². The fraction of sp³-hybridized carbons (Fsp3) is 0.200. The van der Waals surface area contributed by atoms with Crippen molar-refractivity contribution in [2.45, 2.75) is 12.0 Å². The number of carbonyl (C=O) groups is 2. The van der Waals surface area contributed by atoms with Gasteiger partial charge in [-0.1, -0.05) is 24.3 Å². The third-order valence-corrected chi connectivity index (χ3v) is 5.01. The maximum Gasteiger partial charge on any atom is 0.182 e. The SMILES string of the molecule is CNc1ccc2c3c(cccc13)C(C1=CC(=O)C=CC1=O)C2NC. The minimum atomic E-state index is -0.151. The first-order valence-corrected chi connectivity index (χ1v) is 8.04. The van der Waals surface area contributed by atoms with Crippen LogP contribution in [0, 0.1) is 0 Å². The summed E-state index contributed by atoms with van der Waals surface area (Å²) in [4.78, 5) is 24.3. The topological polar surface area (TPSA) is 58.2 Å². The smallest absolute Gasteiger partial charge is 0.182 e. The predicted octanol–water partition coefficient (Wildman–Crippen LogP) is 2.87. The molecule has 0 spiro atoms. The molecular weight excluding hydrogens is 300 g/mol. The highest BCUT2D eigenvalue weighted by molar-refractivity contribution is 6.18. The summed E-state index contributed by atoms with van der Waals surface area (Å²) >= 11 is 0. The molecule has 4 rings (SSSR count). The van der Waals surface area contributed by atoms with Crippen LogP contribution in [0.15, 0.2) is 54.1 Å². The maximum absolute atomic E-state index is 12.4. The fourth-order valence-corrected chi connectivity index (χ4v) is 4.00. The molecular formula is C20H18N2O2. The zero-order valence-corrected chi connectivity index (χ0v) is 13.6. The van der Waals surface area contributed by atoms with Gasteiger partial charge in [0.05, 0.1) is 0 Å². The van der Waals surface area contributed by atoms with Crippen molar-refractivity contribution in [3.63, 3.8) is 0 Å². The normalized spacial score (nSPS) is 22.2. The Morgan fingerprint density at radius 2 is 1.79 bits per heavy atom. The molecule has 0 bridgehead atoms. The summed E-state index contributed by atoms with van der Waals surface area (Å²) in [7, 11) is 3.80. The molecule has 4 heteroatoms. The van der Waals surface area contributed by atoms with Gasteiger partial charge in [-0.05, 0) is 47.9 Å².